The fourth-order valence-electron chi connectivity index (χ4n) is 4.89. The number of hydrogen-bond donors (Lipinski definition) is 12. The molecule has 0 saturated heterocycles. The molecule has 4 aromatic carbocycles. The fourth-order valence-corrected chi connectivity index (χ4v) is 71.5. The van der Waals surface area contributed by atoms with E-state index < -0.39 is 56.1 Å². The Bertz CT molecular complexity index is 1480. The first kappa shape index (κ1) is 36.4. The van der Waals surface area contributed by atoms with Crippen molar-refractivity contribution in [1.82, 2.24) is 0 Å². The molecule has 17 heteroatoms. The third-order valence-corrected chi connectivity index (χ3v) is 65.4. The molecular weight excluding hydrogens is 711 g/mol. The second-order valence-electron chi connectivity index (χ2n) is 11.0. The Morgan fingerprint density at radius 3 is 0.556 bits per heavy atom. The van der Waals surface area contributed by atoms with Crippen LogP contribution in [0, 0.1) is 27.7 Å². The van der Waals surface area contributed by atoms with Crippen molar-refractivity contribution in [2.24, 2.45) is 0 Å². The molecular formula is C28H40NiO12P4. The van der Waals surface area contributed by atoms with Gasteiger partial charge in [0.15, 0.2) is 0 Å². The molecule has 0 fully saturated rings. The van der Waals surface area contributed by atoms with Gasteiger partial charge in [-0.3, -0.25) is 0 Å². The summed E-state index contributed by atoms with van der Waals surface area (Å²) >= 11 is 0. The molecule has 0 bridgehead atoms. The van der Waals surface area contributed by atoms with E-state index in [0.717, 1.165) is 48.5 Å². The molecule has 0 amide bonds. The average molecular weight is 751 g/mol. The third kappa shape index (κ3) is 5.00. The Balaban J connectivity index is 2.49. The summed E-state index contributed by atoms with van der Waals surface area (Å²) < 4.78 is 0. The Kier molecular flexibility index (Phi) is 8.35. The van der Waals surface area contributed by atoms with Crippen molar-refractivity contribution in [3.63, 3.8) is 0 Å². The molecule has 0 atom stereocenters. The Hall–Kier alpha value is -1.39. The van der Waals surface area contributed by atoms with Gasteiger partial charge in [-0.1, -0.05) is 0 Å². The monoisotopic (exact) mass is 750 g/mol. The van der Waals surface area contributed by atoms with E-state index in [1.807, 2.05) is 0 Å². The van der Waals surface area contributed by atoms with E-state index in [4.69, 9.17) is 0 Å². The van der Waals surface area contributed by atoms with Gasteiger partial charge in [0, 0.05) is 0 Å². The van der Waals surface area contributed by atoms with E-state index in [1.54, 1.807) is 27.7 Å². The van der Waals surface area contributed by atoms with Gasteiger partial charge in [0.05, 0.1) is 0 Å². The van der Waals surface area contributed by atoms with Crippen LogP contribution >= 0.6 is 24.2 Å². The van der Waals surface area contributed by atoms with Crippen LogP contribution in [0.2, 0.25) is 0 Å². The van der Waals surface area contributed by atoms with Crippen LogP contribution in [-0.4, -0.2) is 58.7 Å². The molecule has 0 saturated carbocycles. The van der Waals surface area contributed by atoms with Gasteiger partial charge < -0.3 is 0 Å². The van der Waals surface area contributed by atoms with Gasteiger partial charge in [-0.05, 0) is 0 Å². The van der Waals surface area contributed by atoms with Crippen molar-refractivity contribution < 1.29 is 69.4 Å². The molecule has 0 unspecified atom stereocenters. The van der Waals surface area contributed by atoms with Gasteiger partial charge in [0.25, 0.3) is 0 Å². The first-order chi connectivity index (χ1) is 20.1. The Morgan fingerprint density at radius 1 is 0.289 bits per heavy atom. The van der Waals surface area contributed by atoms with Gasteiger partial charge in [-0.2, -0.15) is 0 Å². The van der Waals surface area contributed by atoms with E-state index in [9.17, 15) is 58.7 Å². The van der Waals surface area contributed by atoms with Crippen molar-refractivity contribution in [3.8, 4) is 0 Å². The van der Waals surface area contributed by atoms with Crippen molar-refractivity contribution in [2.75, 3.05) is 0 Å². The van der Waals surface area contributed by atoms with Gasteiger partial charge in [0.1, 0.15) is 0 Å². The van der Waals surface area contributed by atoms with E-state index in [-0.39, 0.29) is 0 Å². The summed E-state index contributed by atoms with van der Waals surface area (Å²) in [5.74, 6) is 0. The standard InChI is InChI=1S/4C7H10O3P.Ni/c4*1-6-2-4-7(5-3-6)11(8,9)10;/h4*2-5,8-10H,1H3;/q4*+1;-4. The molecule has 0 spiro atoms. The summed E-state index contributed by atoms with van der Waals surface area (Å²) in [6.45, 7) is 6.20. The number of hydrogen-bond acceptors (Lipinski definition) is 12. The van der Waals surface area contributed by atoms with Crippen molar-refractivity contribution in [1.29, 1.82) is 0 Å². The van der Waals surface area contributed by atoms with Gasteiger partial charge in [-0.25, -0.2) is 0 Å². The quantitative estimate of drug-likeness (QED) is 0.0905. The van der Waals surface area contributed by atoms with Crippen LogP contribution in [0.25, 0.3) is 0 Å². The van der Waals surface area contributed by atoms with Crippen molar-refractivity contribution in [3.05, 3.63) is 119 Å². The summed E-state index contributed by atoms with van der Waals surface area (Å²) in [6, 6.07) is -16.7. The van der Waals surface area contributed by atoms with Crippen molar-refractivity contribution in [2.45, 2.75) is 27.7 Å². The maximum atomic E-state index is 12.4. The molecule has 0 radical (unpaired) electrons. The SMILES string of the molecule is Cc1ccc([P](O)(O)(O)[Ni]([P](O)(O)(O)c2ccc(C)cc2)([P](O)(O)(O)c2ccc(C)cc2)[P](O)(O)(O)c2ccc(C)cc2)cc1. The molecule has 12 N–H and O–H groups in total. The van der Waals surface area contributed by atoms with Gasteiger partial charge in [0.2, 0.25) is 0 Å². The maximum absolute atomic E-state index is 12.4. The first-order valence-corrected chi connectivity index (χ1v) is 26.2. The van der Waals surface area contributed by atoms with Crippen LogP contribution in [0.4, 0.5) is 0 Å². The predicted octanol–water partition coefficient (Wildman–Crippen LogP) is 1.44. The minimum absolute atomic E-state index is 0.446. The van der Waals surface area contributed by atoms with Gasteiger partial charge in [-0.15, -0.1) is 0 Å². The van der Waals surface area contributed by atoms with Crippen LogP contribution in [-0.2, 0) is 10.7 Å². The molecule has 254 valence electrons. The van der Waals surface area contributed by atoms with E-state index in [0.29, 0.717) is 22.3 Å². The zero-order chi connectivity index (χ0) is 34.2. The zero-order valence-corrected chi connectivity index (χ0v) is 29.3. The fraction of sp³-hybridized carbons (Fsp3) is 0.143. The molecule has 0 aliphatic carbocycles. The molecule has 45 heavy (non-hydrogen) atoms. The molecule has 0 aliphatic rings. The third-order valence-electron chi connectivity index (χ3n) is 7.25. The van der Waals surface area contributed by atoms with Crippen LogP contribution in [0.3, 0.4) is 0 Å². The Labute approximate surface area is 261 Å². The summed E-state index contributed by atoms with van der Waals surface area (Å²) in [4.78, 5) is 149. The molecule has 4 rings (SSSR count). The Morgan fingerprint density at radius 2 is 0.422 bits per heavy atom. The summed E-state index contributed by atoms with van der Waals surface area (Å²) in [7, 11) is -7.18. The van der Waals surface area contributed by atoms with E-state index >= 15 is 0 Å². The topological polar surface area (TPSA) is 243 Å². The number of benzene rings is 4. The van der Waals surface area contributed by atoms with E-state index in [2.05, 4.69) is 0 Å². The molecule has 0 heterocycles. The predicted molar refractivity (Wildman–Crippen MR) is 178 cm³/mol. The molecule has 4 aromatic rings. The van der Waals surface area contributed by atoms with Crippen LogP contribution in [0.5, 0.6) is 0 Å². The second kappa shape index (κ2) is 10.3. The average Bonchev–Trinajstić information content (AvgIpc) is 2.87. The first-order valence-electron chi connectivity index (χ1n) is 13.1. The van der Waals surface area contributed by atoms with Crippen molar-refractivity contribution >= 4 is 45.5 Å². The zero-order valence-electron chi connectivity index (χ0n) is 24.7. The normalized spacial score (nSPS) is 18.8. The second-order valence-corrected chi connectivity index (χ2v) is 43.2. The number of rotatable bonds is 8. The van der Waals surface area contributed by atoms with E-state index in [1.165, 1.54) is 48.5 Å². The van der Waals surface area contributed by atoms with Crippen LogP contribution < -0.4 is 21.2 Å². The van der Waals surface area contributed by atoms with Crippen LogP contribution in [0.1, 0.15) is 22.3 Å². The molecule has 12 nitrogen and oxygen atoms in total. The molecule has 0 aliphatic heterocycles. The number of aryl methyl sites for hydroxylation is 4. The summed E-state index contributed by atoms with van der Waals surface area (Å²) in [5.41, 5.74) is 1.78. The van der Waals surface area contributed by atoms with Crippen LogP contribution in [0.15, 0.2) is 97.1 Å². The summed E-state index contributed by atoms with van der Waals surface area (Å²) in [5, 5.41) is -4.66. The summed E-state index contributed by atoms with van der Waals surface area (Å²) in [6.07, 6.45) is 0. The minimum atomic E-state index is -8.12. The van der Waals surface area contributed by atoms with Gasteiger partial charge >= 0.3 is 262 Å². The molecule has 0 aromatic heterocycles.